The molecule has 0 saturated carbocycles. The molecule has 2 heterocycles. The fraction of sp³-hybridized carbons (Fsp3) is 0.222. The van der Waals surface area contributed by atoms with Gasteiger partial charge in [-0.15, -0.1) is 6.58 Å². The summed E-state index contributed by atoms with van der Waals surface area (Å²) in [5.74, 6) is -0.134. The van der Waals surface area contributed by atoms with E-state index < -0.39 is 12.0 Å². The number of aromatic nitrogens is 1. The number of hydrogen-bond donors (Lipinski definition) is 1. The van der Waals surface area contributed by atoms with Gasteiger partial charge in [0.05, 0.1) is 35.6 Å². The van der Waals surface area contributed by atoms with Gasteiger partial charge in [-0.1, -0.05) is 47.7 Å². The first-order chi connectivity index (χ1) is 16.9. The van der Waals surface area contributed by atoms with E-state index in [1.54, 1.807) is 42.7 Å². The third-order valence-corrected chi connectivity index (χ3v) is 6.67. The van der Waals surface area contributed by atoms with Crippen molar-refractivity contribution in [2.45, 2.75) is 26.3 Å². The predicted molar refractivity (Wildman–Crippen MR) is 135 cm³/mol. The average molecular weight is 491 g/mol. The number of phenolic OH excluding ortho intramolecular Hbond substituents is 1. The molecular weight excluding hydrogens is 464 g/mol. The van der Waals surface area contributed by atoms with Gasteiger partial charge in [-0.25, -0.2) is 9.79 Å². The van der Waals surface area contributed by atoms with Crippen LogP contribution in [0.25, 0.3) is 6.08 Å². The Labute approximate surface area is 206 Å². The summed E-state index contributed by atoms with van der Waals surface area (Å²) in [6.45, 7) is 7.45. The molecule has 0 fully saturated rings. The molecule has 7 nitrogen and oxygen atoms in total. The molecule has 1 unspecified atom stereocenters. The Morgan fingerprint density at radius 2 is 2.03 bits per heavy atom. The molecule has 35 heavy (non-hydrogen) atoms. The molecule has 0 radical (unpaired) electrons. The molecule has 0 saturated heterocycles. The van der Waals surface area contributed by atoms with Crippen LogP contribution >= 0.6 is 11.3 Å². The summed E-state index contributed by atoms with van der Waals surface area (Å²) in [7, 11) is 1.48. The van der Waals surface area contributed by atoms with Crippen LogP contribution in [0.1, 0.15) is 36.6 Å². The standard InChI is InChI=1S/C27H26N2O5S/c1-5-10-19-13-17(14-20(33-4)24(19)30)15-21-25(31)29-23(18-11-8-7-9-12-18)22(26(32)34-6-2)16(3)28-27(29)35-21/h5,7-9,11-15,23,30H,1,6,10H2,2-4H3/b21-15+. The summed E-state index contributed by atoms with van der Waals surface area (Å²) < 4.78 is 12.6. The zero-order chi connectivity index (χ0) is 25.1. The second kappa shape index (κ2) is 10.1. The van der Waals surface area contributed by atoms with Crippen LogP contribution in [0.4, 0.5) is 0 Å². The van der Waals surface area contributed by atoms with Crippen molar-refractivity contribution in [1.82, 2.24) is 4.57 Å². The highest BCUT2D eigenvalue weighted by atomic mass is 32.1. The highest BCUT2D eigenvalue weighted by Gasteiger charge is 2.33. The molecule has 1 aliphatic rings. The molecule has 180 valence electrons. The fourth-order valence-electron chi connectivity index (χ4n) is 4.13. The van der Waals surface area contributed by atoms with Crippen LogP contribution in [-0.4, -0.2) is 29.4 Å². The molecule has 1 aliphatic heterocycles. The Balaban J connectivity index is 1.94. The number of carbonyl (C=O) groups excluding carboxylic acids is 1. The number of benzene rings is 2. The maximum Gasteiger partial charge on any atom is 0.338 e. The smallest absolute Gasteiger partial charge is 0.338 e. The molecule has 0 bridgehead atoms. The zero-order valence-electron chi connectivity index (χ0n) is 19.8. The minimum atomic E-state index is -0.653. The number of thiazole rings is 1. The van der Waals surface area contributed by atoms with E-state index in [0.717, 1.165) is 5.56 Å². The lowest BCUT2D eigenvalue weighted by atomic mass is 9.96. The lowest BCUT2D eigenvalue weighted by Gasteiger charge is -2.24. The van der Waals surface area contributed by atoms with Gasteiger partial charge in [0.25, 0.3) is 5.56 Å². The second-order valence-corrected chi connectivity index (χ2v) is 8.95. The van der Waals surface area contributed by atoms with Gasteiger partial charge in [0.1, 0.15) is 0 Å². The number of fused-ring (bicyclic) bond motifs is 1. The van der Waals surface area contributed by atoms with Crippen LogP contribution in [0.2, 0.25) is 0 Å². The van der Waals surface area contributed by atoms with Gasteiger partial charge < -0.3 is 14.6 Å². The van der Waals surface area contributed by atoms with Gasteiger partial charge in [0.15, 0.2) is 16.3 Å². The summed E-state index contributed by atoms with van der Waals surface area (Å²) >= 11 is 1.24. The highest BCUT2D eigenvalue weighted by molar-refractivity contribution is 7.07. The van der Waals surface area contributed by atoms with Gasteiger partial charge in [-0.2, -0.15) is 0 Å². The highest BCUT2D eigenvalue weighted by Crippen LogP contribution is 2.33. The number of carbonyl (C=O) groups is 1. The van der Waals surface area contributed by atoms with Crippen LogP contribution in [0, 0.1) is 0 Å². The van der Waals surface area contributed by atoms with Crippen molar-refractivity contribution in [1.29, 1.82) is 0 Å². The van der Waals surface area contributed by atoms with E-state index in [1.165, 1.54) is 18.4 Å². The van der Waals surface area contributed by atoms with Crippen molar-refractivity contribution in [2.24, 2.45) is 4.99 Å². The number of nitrogens with zero attached hydrogens (tertiary/aromatic N) is 2. The molecule has 1 N–H and O–H groups in total. The molecule has 1 aromatic heterocycles. The van der Waals surface area contributed by atoms with Crippen LogP contribution in [-0.2, 0) is 16.0 Å². The molecule has 2 aromatic carbocycles. The lowest BCUT2D eigenvalue weighted by Crippen LogP contribution is -2.39. The van der Waals surface area contributed by atoms with Gasteiger partial charge in [0, 0.05) is 5.56 Å². The number of ether oxygens (including phenoxy) is 2. The average Bonchev–Trinajstić information content (AvgIpc) is 3.15. The number of methoxy groups -OCH3 is 1. The molecule has 8 heteroatoms. The largest absolute Gasteiger partial charge is 0.504 e. The first kappa shape index (κ1) is 24.2. The third kappa shape index (κ3) is 4.57. The van der Waals surface area contributed by atoms with E-state index in [1.807, 2.05) is 30.3 Å². The number of phenols is 1. The fourth-order valence-corrected chi connectivity index (χ4v) is 5.18. The van der Waals surface area contributed by atoms with Gasteiger partial charge >= 0.3 is 5.97 Å². The van der Waals surface area contributed by atoms with E-state index >= 15 is 0 Å². The summed E-state index contributed by atoms with van der Waals surface area (Å²) in [5.41, 5.74) is 2.72. The minimum absolute atomic E-state index is 0.0461. The normalized spacial score (nSPS) is 15.4. The molecule has 4 rings (SSSR count). The van der Waals surface area contributed by atoms with Crippen molar-refractivity contribution in [3.8, 4) is 11.5 Å². The number of aromatic hydroxyl groups is 1. The van der Waals surface area contributed by atoms with E-state index in [4.69, 9.17) is 9.47 Å². The Hall–Kier alpha value is -3.91. The Kier molecular flexibility index (Phi) is 7.02. The Morgan fingerprint density at radius 1 is 1.29 bits per heavy atom. The van der Waals surface area contributed by atoms with Crippen LogP contribution in [0.15, 0.2) is 76.2 Å². The zero-order valence-corrected chi connectivity index (χ0v) is 20.6. The van der Waals surface area contributed by atoms with Crippen molar-refractivity contribution in [3.63, 3.8) is 0 Å². The van der Waals surface area contributed by atoms with E-state index in [9.17, 15) is 14.7 Å². The second-order valence-electron chi connectivity index (χ2n) is 7.94. The number of esters is 1. The SMILES string of the molecule is C=CCc1cc(/C=c2/sc3n(c2=O)C(c2ccccc2)C(C(=O)OCC)=C(C)N=3)cc(OC)c1O. The van der Waals surface area contributed by atoms with Crippen molar-refractivity contribution in [2.75, 3.05) is 13.7 Å². The van der Waals surface area contributed by atoms with Gasteiger partial charge in [-0.3, -0.25) is 9.36 Å². The maximum absolute atomic E-state index is 13.7. The maximum atomic E-state index is 13.7. The first-order valence-corrected chi connectivity index (χ1v) is 12.0. The summed E-state index contributed by atoms with van der Waals surface area (Å²) in [5, 5.41) is 10.4. The molecular formula is C27H26N2O5S. The van der Waals surface area contributed by atoms with E-state index in [2.05, 4.69) is 11.6 Å². The molecule has 0 amide bonds. The Morgan fingerprint density at radius 3 is 2.69 bits per heavy atom. The van der Waals surface area contributed by atoms with Gasteiger partial charge in [-0.05, 0) is 49.6 Å². The van der Waals surface area contributed by atoms with Crippen molar-refractivity contribution in [3.05, 3.63) is 103 Å². The minimum Gasteiger partial charge on any atom is -0.504 e. The number of allylic oxidation sites excluding steroid dienone is 2. The molecule has 0 spiro atoms. The van der Waals surface area contributed by atoms with E-state index in [0.29, 0.717) is 43.9 Å². The van der Waals surface area contributed by atoms with Gasteiger partial charge in [0.2, 0.25) is 0 Å². The first-order valence-electron chi connectivity index (χ1n) is 11.1. The number of hydrogen-bond acceptors (Lipinski definition) is 7. The summed E-state index contributed by atoms with van der Waals surface area (Å²) in [6.07, 6.45) is 3.87. The molecule has 1 atom stereocenters. The third-order valence-electron chi connectivity index (χ3n) is 5.69. The monoisotopic (exact) mass is 490 g/mol. The predicted octanol–water partition coefficient (Wildman–Crippen LogP) is 3.24. The lowest BCUT2D eigenvalue weighted by molar-refractivity contribution is -0.139. The quantitative estimate of drug-likeness (QED) is 0.406. The molecule has 0 aliphatic carbocycles. The Bertz CT molecular complexity index is 1500. The topological polar surface area (TPSA) is 90.1 Å². The van der Waals surface area contributed by atoms with Crippen molar-refractivity contribution >= 4 is 23.4 Å². The number of rotatable bonds is 7. The van der Waals surface area contributed by atoms with Crippen molar-refractivity contribution < 1.29 is 19.4 Å². The van der Waals surface area contributed by atoms with Crippen LogP contribution in [0.3, 0.4) is 0 Å². The van der Waals surface area contributed by atoms with Crippen LogP contribution < -0.4 is 19.6 Å². The van der Waals surface area contributed by atoms with E-state index in [-0.39, 0.29) is 17.9 Å². The van der Waals surface area contributed by atoms with Crippen LogP contribution in [0.5, 0.6) is 11.5 Å². The molecule has 3 aromatic rings. The summed E-state index contributed by atoms with van der Waals surface area (Å²) in [4.78, 5) is 31.7. The summed E-state index contributed by atoms with van der Waals surface area (Å²) in [6, 6.07) is 12.2.